The normalized spacial score (nSPS) is 26.3. The van der Waals surface area contributed by atoms with E-state index in [1.165, 1.54) is 6.33 Å². The van der Waals surface area contributed by atoms with Crippen LogP contribution in [0.2, 0.25) is 0 Å². The third kappa shape index (κ3) is 2.70. The Morgan fingerprint density at radius 1 is 1.36 bits per heavy atom. The minimum absolute atomic E-state index is 0.0938. The number of aromatic nitrogens is 2. The summed E-state index contributed by atoms with van der Waals surface area (Å²) in [6, 6.07) is 9.28. The summed E-state index contributed by atoms with van der Waals surface area (Å²) in [5.74, 6) is 1.15. The van der Waals surface area contributed by atoms with E-state index in [9.17, 15) is 4.79 Å². The summed E-state index contributed by atoms with van der Waals surface area (Å²) < 4.78 is 6.99. The average molecular weight is 362 g/mol. The Morgan fingerprint density at radius 2 is 2.18 bits per heavy atom. The maximum absolute atomic E-state index is 12.5. The summed E-state index contributed by atoms with van der Waals surface area (Å²) in [6.07, 6.45) is 3.65. The van der Waals surface area contributed by atoms with E-state index < -0.39 is 11.0 Å². The second kappa shape index (κ2) is 5.35. The van der Waals surface area contributed by atoms with E-state index in [0.29, 0.717) is 12.2 Å². The van der Waals surface area contributed by atoms with E-state index in [1.54, 1.807) is 12.3 Å². The Balaban J connectivity index is 1.71. The van der Waals surface area contributed by atoms with Crippen LogP contribution >= 0.6 is 15.9 Å². The molecule has 0 saturated heterocycles. The van der Waals surface area contributed by atoms with Gasteiger partial charge in [0, 0.05) is 17.1 Å². The topological polar surface area (TPSA) is 64.1 Å². The van der Waals surface area contributed by atoms with Gasteiger partial charge >= 0.3 is 0 Å². The van der Waals surface area contributed by atoms with E-state index in [0.717, 1.165) is 10.2 Å². The van der Waals surface area contributed by atoms with Crippen LogP contribution in [0.4, 0.5) is 5.82 Å². The predicted octanol–water partition coefficient (Wildman–Crippen LogP) is 3.43. The number of nitrogens with zero attached hydrogens (tertiary/aromatic N) is 2. The molecular formula is C16H16BrN3O2. The molecule has 1 N–H and O–H groups in total. The summed E-state index contributed by atoms with van der Waals surface area (Å²) in [4.78, 5) is 20.4. The van der Waals surface area contributed by atoms with Gasteiger partial charge in [0.05, 0.1) is 5.41 Å². The lowest BCUT2D eigenvalue weighted by molar-refractivity contribution is -0.122. The molecule has 1 heterocycles. The fourth-order valence-electron chi connectivity index (χ4n) is 2.51. The Bertz CT molecular complexity index is 710. The second-order valence-electron chi connectivity index (χ2n) is 5.85. The number of rotatable bonds is 4. The molecule has 0 radical (unpaired) electrons. The van der Waals surface area contributed by atoms with Crippen LogP contribution in [0.1, 0.15) is 20.3 Å². The number of amides is 1. The third-order valence-electron chi connectivity index (χ3n) is 4.20. The first-order valence-electron chi connectivity index (χ1n) is 6.95. The number of carbonyl (C=O) groups excluding carboxylic acids is 1. The molecule has 2 atom stereocenters. The number of anilines is 1. The van der Waals surface area contributed by atoms with Crippen LogP contribution < -0.4 is 10.1 Å². The molecule has 1 aliphatic carbocycles. The summed E-state index contributed by atoms with van der Waals surface area (Å²) in [5, 5.41) is 2.82. The average Bonchev–Trinajstić information content (AvgIpc) is 3.02. The molecule has 1 fully saturated rings. The largest absolute Gasteiger partial charge is 0.486 e. The number of benzene rings is 1. The van der Waals surface area contributed by atoms with Gasteiger partial charge < -0.3 is 10.1 Å². The zero-order chi connectivity index (χ0) is 15.8. The highest BCUT2D eigenvalue weighted by Crippen LogP contribution is 2.58. The number of hydrogen-bond donors (Lipinski definition) is 1. The molecule has 0 aliphatic heterocycles. The summed E-state index contributed by atoms with van der Waals surface area (Å²) in [7, 11) is 0. The Kier molecular flexibility index (Phi) is 3.64. The number of ether oxygens (including phenoxy) is 1. The van der Waals surface area contributed by atoms with Gasteiger partial charge in [-0.3, -0.25) is 4.79 Å². The number of carbonyl (C=O) groups is 1. The highest BCUT2D eigenvalue weighted by Gasteiger charge is 2.68. The first-order valence-corrected chi connectivity index (χ1v) is 7.74. The van der Waals surface area contributed by atoms with Crippen LogP contribution in [-0.4, -0.2) is 21.5 Å². The summed E-state index contributed by atoms with van der Waals surface area (Å²) in [6.45, 7) is 3.86. The standard InChI is InChI=1S/C16H16BrN3O2/c1-15(14(21)20-13-6-7-18-10-19-13)9-16(15,2)22-12-5-3-4-11(17)8-12/h3-8,10H,9H2,1-2H3,(H,18,19,20,21). The summed E-state index contributed by atoms with van der Waals surface area (Å²) >= 11 is 3.42. The highest BCUT2D eigenvalue weighted by molar-refractivity contribution is 9.10. The first kappa shape index (κ1) is 15.0. The fourth-order valence-corrected chi connectivity index (χ4v) is 2.89. The zero-order valence-electron chi connectivity index (χ0n) is 12.3. The van der Waals surface area contributed by atoms with E-state index in [2.05, 4.69) is 31.2 Å². The fraction of sp³-hybridized carbons (Fsp3) is 0.312. The van der Waals surface area contributed by atoms with Crippen LogP contribution in [0.15, 0.2) is 47.3 Å². The monoisotopic (exact) mass is 361 g/mol. The minimum atomic E-state index is -0.583. The lowest BCUT2D eigenvalue weighted by Crippen LogP contribution is -2.32. The Hall–Kier alpha value is -1.95. The van der Waals surface area contributed by atoms with Gasteiger partial charge in [0.1, 0.15) is 23.5 Å². The molecule has 2 aromatic rings. The number of hydrogen-bond acceptors (Lipinski definition) is 4. The van der Waals surface area contributed by atoms with E-state index in [4.69, 9.17) is 4.74 Å². The van der Waals surface area contributed by atoms with Crippen LogP contribution in [0.5, 0.6) is 5.75 Å². The Morgan fingerprint density at radius 3 is 2.86 bits per heavy atom. The molecule has 1 aromatic heterocycles. The second-order valence-corrected chi connectivity index (χ2v) is 6.76. The quantitative estimate of drug-likeness (QED) is 0.905. The van der Waals surface area contributed by atoms with Gasteiger partial charge in [0.2, 0.25) is 5.91 Å². The van der Waals surface area contributed by atoms with E-state index in [-0.39, 0.29) is 5.91 Å². The van der Waals surface area contributed by atoms with Crippen molar-refractivity contribution in [2.75, 3.05) is 5.32 Å². The van der Waals surface area contributed by atoms with Gasteiger partial charge in [-0.2, -0.15) is 0 Å². The van der Waals surface area contributed by atoms with Crippen molar-refractivity contribution in [2.45, 2.75) is 25.9 Å². The van der Waals surface area contributed by atoms with Crippen molar-refractivity contribution in [3.8, 4) is 5.75 Å². The van der Waals surface area contributed by atoms with Crippen molar-refractivity contribution < 1.29 is 9.53 Å². The lowest BCUT2D eigenvalue weighted by atomic mass is 10.0. The number of halogens is 1. The molecule has 1 aliphatic rings. The van der Waals surface area contributed by atoms with Gasteiger partial charge in [-0.05, 0) is 38.1 Å². The van der Waals surface area contributed by atoms with Crippen LogP contribution in [-0.2, 0) is 4.79 Å². The van der Waals surface area contributed by atoms with Gasteiger partial charge in [0.25, 0.3) is 0 Å². The Labute approximate surface area is 137 Å². The SMILES string of the molecule is CC1(Oc2cccc(Br)c2)CC1(C)C(=O)Nc1ccncn1. The summed E-state index contributed by atoms with van der Waals surface area (Å²) in [5.41, 5.74) is -1.11. The van der Waals surface area contributed by atoms with Gasteiger partial charge in [-0.1, -0.05) is 22.0 Å². The van der Waals surface area contributed by atoms with Crippen molar-refractivity contribution in [3.05, 3.63) is 47.3 Å². The van der Waals surface area contributed by atoms with E-state index >= 15 is 0 Å². The smallest absolute Gasteiger partial charge is 0.235 e. The van der Waals surface area contributed by atoms with Gasteiger partial charge in [-0.15, -0.1) is 0 Å². The molecule has 0 bridgehead atoms. The molecule has 5 nitrogen and oxygen atoms in total. The van der Waals surface area contributed by atoms with Crippen molar-refractivity contribution in [1.82, 2.24) is 9.97 Å². The first-order chi connectivity index (χ1) is 10.4. The van der Waals surface area contributed by atoms with Crippen molar-refractivity contribution in [3.63, 3.8) is 0 Å². The molecule has 0 spiro atoms. The molecule has 2 unspecified atom stereocenters. The molecule has 1 amide bonds. The van der Waals surface area contributed by atoms with Crippen LogP contribution in [0.3, 0.4) is 0 Å². The van der Waals surface area contributed by atoms with Crippen LogP contribution in [0.25, 0.3) is 0 Å². The molecule has 6 heteroatoms. The molecule has 3 rings (SSSR count). The lowest BCUT2D eigenvalue weighted by Gasteiger charge is -2.20. The molecule has 1 aromatic carbocycles. The van der Waals surface area contributed by atoms with Gasteiger partial charge in [0.15, 0.2) is 0 Å². The van der Waals surface area contributed by atoms with Crippen LogP contribution in [0, 0.1) is 5.41 Å². The maximum Gasteiger partial charge on any atom is 0.235 e. The van der Waals surface area contributed by atoms with E-state index in [1.807, 2.05) is 38.1 Å². The molecular weight excluding hydrogens is 346 g/mol. The molecule has 1 saturated carbocycles. The minimum Gasteiger partial charge on any atom is -0.486 e. The highest BCUT2D eigenvalue weighted by atomic mass is 79.9. The third-order valence-corrected chi connectivity index (χ3v) is 4.69. The van der Waals surface area contributed by atoms with Gasteiger partial charge in [-0.25, -0.2) is 9.97 Å². The molecule has 114 valence electrons. The maximum atomic E-state index is 12.5. The number of nitrogens with one attached hydrogen (secondary N) is 1. The molecule has 22 heavy (non-hydrogen) atoms. The van der Waals surface area contributed by atoms with Crippen molar-refractivity contribution >= 4 is 27.7 Å². The zero-order valence-corrected chi connectivity index (χ0v) is 13.9. The van der Waals surface area contributed by atoms with Crippen molar-refractivity contribution in [2.24, 2.45) is 5.41 Å². The van der Waals surface area contributed by atoms with Crippen molar-refractivity contribution in [1.29, 1.82) is 0 Å². The predicted molar refractivity (Wildman–Crippen MR) is 86.6 cm³/mol.